The first-order valence-electron chi connectivity index (χ1n) is 9.16. The van der Waals surface area contributed by atoms with Crippen LogP contribution >= 0.6 is 0 Å². The van der Waals surface area contributed by atoms with Crippen molar-refractivity contribution in [1.82, 2.24) is 5.32 Å². The van der Waals surface area contributed by atoms with E-state index in [0.29, 0.717) is 19.6 Å². The summed E-state index contributed by atoms with van der Waals surface area (Å²) >= 11 is 0. The van der Waals surface area contributed by atoms with E-state index >= 15 is 0 Å². The second-order valence-electron chi connectivity index (χ2n) is 6.60. The number of carbonyl (C=O) groups is 2. The number of amides is 1. The lowest BCUT2D eigenvalue weighted by Gasteiger charge is -2.14. The van der Waals surface area contributed by atoms with Crippen LogP contribution in [0.25, 0.3) is 0 Å². The van der Waals surface area contributed by atoms with Crippen LogP contribution in [-0.2, 0) is 20.9 Å². The molecule has 0 bridgehead atoms. The average Bonchev–Trinajstić information content (AvgIpc) is 2.64. The first-order valence-corrected chi connectivity index (χ1v) is 9.16. The molecule has 0 spiro atoms. The molecule has 5 nitrogen and oxygen atoms in total. The number of rotatable bonds is 9. The summed E-state index contributed by atoms with van der Waals surface area (Å²) in [7, 11) is 0. The van der Waals surface area contributed by atoms with Gasteiger partial charge in [-0.3, -0.25) is 9.59 Å². The molecule has 2 aromatic carbocycles. The lowest BCUT2D eigenvalue weighted by atomic mass is 10.1. The molecule has 27 heavy (non-hydrogen) atoms. The maximum atomic E-state index is 12.1. The van der Waals surface area contributed by atoms with Gasteiger partial charge in [-0.15, -0.1) is 0 Å². The molecule has 0 unspecified atom stereocenters. The van der Waals surface area contributed by atoms with Crippen molar-refractivity contribution in [3.05, 3.63) is 65.2 Å². The Kier molecular flexibility index (Phi) is 7.86. The molecule has 0 saturated carbocycles. The molecule has 2 rings (SSSR count). The Labute approximate surface area is 160 Å². The smallest absolute Gasteiger partial charge is 0.306 e. The Morgan fingerprint density at radius 2 is 1.78 bits per heavy atom. The van der Waals surface area contributed by atoms with Crippen molar-refractivity contribution in [2.24, 2.45) is 0 Å². The standard InChI is InChI=1S/C22H27NO4/c1-16-9-11-19(12-10-16)15-23-22(25)18(3)27-21(24)8-5-13-26-20-7-4-6-17(2)14-20/h4,6-7,9-12,14,18H,5,8,13,15H2,1-3H3,(H,23,25)/t18-/m1/s1. The Morgan fingerprint density at radius 1 is 1.04 bits per heavy atom. The van der Waals surface area contributed by atoms with Gasteiger partial charge in [0.2, 0.25) is 0 Å². The molecule has 0 saturated heterocycles. The molecular weight excluding hydrogens is 342 g/mol. The molecule has 0 fully saturated rings. The topological polar surface area (TPSA) is 64.6 Å². The van der Waals surface area contributed by atoms with E-state index in [2.05, 4.69) is 5.32 Å². The number of carbonyl (C=O) groups excluding carboxylic acids is 2. The maximum absolute atomic E-state index is 12.1. The van der Waals surface area contributed by atoms with Gasteiger partial charge in [0.05, 0.1) is 6.61 Å². The van der Waals surface area contributed by atoms with E-state index in [9.17, 15) is 9.59 Å². The van der Waals surface area contributed by atoms with Gasteiger partial charge in [-0.1, -0.05) is 42.0 Å². The van der Waals surface area contributed by atoms with Gasteiger partial charge in [-0.05, 0) is 50.5 Å². The van der Waals surface area contributed by atoms with Crippen LogP contribution in [0.15, 0.2) is 48.5 Å². The van der Waals surface area contributed by atoms with Crippen LogP contribution in [-0.4, -0.2) is 24.6 Å². The molecule has 0 aliphatic rings. The zero-order valence-electron chi connectivity index (χ0n) is 16.2. The van der Waals surface area contributed by atoms with Crippen LogP contribution in [0.5, 0.6) is 5.75 Å². The molecule has 5 heteroatoms. The van der Waals surface area contributed by atoms with Crippen molar-refractivity contribution in [3.63, 3.8) is 0 Å². The number of hydrogen-bond acceptors (Lipinski definition) is 4. The summed E-state index contributed by atoms with van der Waals surface area (Å²) in [5.41, 5.74) is 3.29. The van der Waals surface area contributed by atoms with E-state index in [4.69, 9.17) is 9.47 Å². The van der Waals surface area contributed by atoms with Gasteiger partial charge in [-0.25, -0.2) is 0 Å². The summed E-state index contributed by atoms with van der Waals surface area (Å²) in [5.74, 6) is 0.0768. The third-order valence-corrected chi connectivity index (χ3v) is 4.05. The number of nitrogens with one attached hydrogen (secondary N) is 1. The van der Waals surface area contributed by atoms with Crippen LogP contribution in [0, 0.1) is 13.8 Å². The highest BCUT2D eigenvalue weighted by Gasteiger charge is 2.17. The Hall–Kier alpha value is -2.82. The lowest BCUT2D eigenvalue weighted by Crippen LogP contribution is -2.35. The predicted molar refractivity (Wildman–Crippen MR) is 104 cm³/mol. The van der Waals surface area contributed by atoms with E-state index in [1.165, 1.54) is 5.56 Å². The van der Waals surface area contributed by atoms with E-state index in [-0.39, 0.29) is 12.3 Å². The van der Waals surface area contributed by atoms with Gasteiger partial charge in [0.1, 0.15) is 5.75 Å². The second-order valence-corrected chi connectivity index (χ2v) is 6.60. The highest BCUT2D eigenvalue weighted by molar-refractivity contribution is 5.83. The summed E-state index contributed by atoms with van der Waals surface area (Å²) in [6, 6.07) is 15.6. The fraction of sp³-hybridized carbons (Fsp3) is 0.364. The minimum absolute atomic E-state index is 0.210. The second kappa shape index (κ2) is 10.4. The number of ether oxygens (including phenoxy) is 2. The zero-order valence-corrected chi connectivity index (χ0v) is 16.2. The van der Waals surface area contributed by atoms with Crippen LogP contribution < -0.4 is 10.1 Å². The van der Waals surface area contributed by atoms with Crippen molar-refractivity contribution >= 4 is 11.9 Å². The maximum Gasteiger partial charge on any atom is 0.306 e. The number of benzene rings is 2. The normalized spacial score (nSPS) is 11.5. The van der Waals surface area contributed by atoms with Gasteiger partial charge in [-0.2, -0.15) is 0 Å². The third kappa shape index (κ3) is 7.52. The zero-order chi connectivity index (χ0) is 19.6. The summed E-state index contributed by atoms with van der Waals surface area (Å²) in [4.78, 5) is 23.9. The molecule has 2 aromatic rings. The number of esters is 1. The first-order chi connectivity index (χ1) is 12.9. The van der Waals surface area contributed by atoms with E-state index < -0.39 is 12.1 Å². The first kappa shape index (κ1) is 20.5. The predicted octanol–water partition coefficient (Wildman–Crippen LogP) is 3.71. The van der Waals surface area contributed by atoms with E-state index in [1.54, 1.807) is 6.92 Å². The number of hydrogen-bond donors (Lipinski definition) is 1. The van der Waals surface area contributed by atoms with Crippen molar-refractivity contribution in [2.45, 2.75) is 46.3 Å². The van der Waals surface area contributed by atoms with Gasteiger partial charge >= 0.3 is 5.97 Å². The van der Waals surface area contributed by atoms with E-state index in [1.807, 2.05) is 62.4 Å². The summed E-state index contributed by atoms with van der Waals surface area (Å²) in [6.45, 7) is 6.41. The van der Waals surface area contributed by atoms with Crippen molar-refractivity contribution < 1.29 is 19.1 Å². The summed E-state index contributed by atoms with van der Waals surface area (Å²) in [6.07, 6.45) is -0.0769. The van der Waals surface area contributed by atoms with Crippen LogP contribution in [0.2, 0.25) is 0 Å². The summed E-state index contributed by atoms with van der Waals surface area (Å²) in [5, 5.41) is 2.78. The largest absolute Gasteiger partial charge is 0.494 e. The van der Waals surface area contributed by atoms with Crippen LogP contribution in [0.3, 0.4) is 0 Å². The van der Waals surface area contributed by atoms with Gasteiger partial charge in [0, 0.05) is 13.0 Å². The fourth-order valence-electron chi connectivity index (χ4n) is 2.46. The fourth-order valence-corrected chi connectivity index (χ4v) is 2.46. The van der Waals surface area contributed by atoms with Gasteiger partial charge < -0.3 is 14.8 Å². The molecule has 0 aromatic heterocycles. The molecule has 0 heterocycles. The highest BCUT2D eigenvalue weighted by atomic mass is 16.5. The minimum Gasteiger partial charge on any atom is -0.494 e. The molecule has 1 atom stereocenters. The SMILES string of the molecule is Cc1ccc(CNC(=O)[C@@H](C)OC(=O)CCCOc2cccc(C)c2)cc1. The van der Waals surface area contributed by atoms with Gasteiger partial charge in [0.25, 0.3) is 5.91 Å². The summed E-state index contributed by atoms with van der Waals surface area (Å²) < 4.78 is 10.8. The lowest BCUT2D eigenvalue weighted by molar-refractivity contribution is -0.155. The molecule has 1 amide bonds. The quantitative estimate of drug-likeness (QED) is 0.541. The van der Waals surface area contributed by atoms with E-state index in [0.717, 1.165) is 16.9 Å². The third-order valence-electron chi connectivity index (χ3n) is 4.05. The van der Waals surface area contributed by atoms with Crippen molar-refractivity contribution in [1.29, 1.82) is 0 Å². The Bertz CT molecular complexity index is 755. The van der Waals surface area contributed by atoms with Crippen LogP contribution in [0.4, 0.5) is 0 Å². The molecule has 0 radical (unpaired) electrons. The Balaban J connectivity index is 1.63. The molecule has 1 N–H and O–H groups in total. The molecule has 0 aliphatic carbocycles. The monoisotopic (exact) mass is 369 g/mol. The van der Waals surface area contributed by atoms with Crippen LogP contribution in [0.1, 0.15) is 36.5 Å². The minimum atomic E-state index is -0.819. The molecular formula is C22H27NO4. The number of aryl methyl sites for hydroxylation is 2. The average molecular weight is 369 g/mol. The molecule has 144 valence electrons. The van der Waals surface area contributed by atoms with Crippen molar-refractivity contribution in [3.8, 4) is 5.75 Å². The molecule has 0 aliphatic heterocycles. The van der Waals surface area contributed by atoms with Gasteiger partial charge in [0.15, 0.2) is 6.10 Å². The highest BCUT2D eigenvalue weighted by Crippen LogP contribution is 2.13. The Morgan fingerprint density at radius 3 is 2.48 bits per heavy atom. The van der Waals surface area contributed by atoms with Crippen molar-refractivity contribution in [2.75, 3.05) is 6.61 Å².